The molecular weight excluding hydrogens is 866 g/mol. The van der Waals surface area contributed by atoms with Crippen LogP contribution in [0.15, 0.2) is 109 Å². The molecule has 14 heteroatoms. The molecule has 3 unspecified atom stereocenters. The summed E-state index contributed by atoms with van der Waals surface area (Å²) >= 11 is 1.38. The van der Waals surface area contributed by atoms with E-state index in [1.807, 2.05) is 59.8 Å². The number of fused-ring (bicyclic) bond motifs is 1. The molecule has 10 nitrogen and oxygen atoms in total. The molecule has 4 amide bonds. The van der Waals surface area contributed by atoms with Gasteiger partial charge in [0.25, 0.3) is 6.29 Å². The number of carbonyl (C=O) groups is 4. The number of nitrogens with one attached hydrogen (secondary N) is 2. The molecule has 338 valence electrons. The molecule has 1 aromatic heterocycles. The van der Waals surface area contributed by atoms with Crippen molar-refractivity contribution in [1.82, 2.24) is 10.6 Å². The molecular formula is C52H47F3N4O6S. The maximum atomic E-state index is 14.2. The number of terminal acetylenes is 2. The molecule has 2 fully saturated rings. The molecule has 5 aromatic rings. The van der Waals surface area contributed by atoms with Gasteiger partial charge in [0, 0.05) is 33.9 Å². The quantitative estimate of drug-likeness (QED) is 0.120. The van der Waals surface area contributed by atoms with Crippen LogP contribution >= 0.6 is 11.3 Å². The van der Waals surface area contributed by atoms with E-state index in [1.165, 1.54) is 28.4 Å². The molecule has 1 aliphatic heterocycles. The van der Waals surface area contributed by atoms with Gasteiger partial charge in [-0.2, -0.15) is 13.2 Å². The predicted octanol–water partition coefficient (Wildman–Crippen LogP) is 10.2. The summed E-state index contributed by atoms with van der Waals surface area (Å²) in [6.07, 6.45) is 14.9. The fourth-order valence-electron chi connectivity index (χ4n) is 8.95. The molecule has 8 rings (SSSR count). The Labute approximate surface area is 385 Å². The summed E-state index contributed by atoms with van der Waals surface area (Å²) in [7, 11) is 0. The normalized spacial score (nSPS) is 17.1. The van der Waals surface area contributed by atoms with Crippen molar-refractivity contribution in [3.8, 4) is 47.3 Å². The average Bonchev–Trinajstić information content (AvgIpc) is 4.03. The molecule has 2 N–H and O–H groups in total. The van der Waals surface area contributed by atoms with Gasteiger partial charge in [0.05, 0.1) is 5.56 Å². The number of hydrogen-bond donors (Lipinski definition) is 2. The molecule has 2 aliphatic carbocycles. The topological polar surface area (TPSA) is 117 Å². The largest absolute Gasteiger partial charge is 0.447 e. The highest BCUT2D eigenvalue weighted by molar-refractivity contribution is 7.10. The summed E-state index contributed by atoms with van der Waals surface area (Å²) in [4.78, 5) is 57.9. The fourth-order valence-corrected chi connectivity index (χ4v) is 9.77. The molecule has 0 radical (unpaired) electrons. The van der Waals surface area contributed by atoms with Crippen molar-refractivity contribution in [2.75, 3.05) is 9.80 Å². The maximum absolute atomic E-state index is 14.2. The molecule has 2 saturated carbocycles. The van der Waals surface area contributed by atoms with Crippen molar-refractivity contribution in [3.05, 3.63) is 130 Å². The third-order valence-corrected chi connectivity index (χ3v) is 13.2. The van der Waals surface area contributed by atoms with Gasteiger partial charge in [0.2, 0.25) is 11.8 Å². The van der Waals surface area contributed by atoms with Gasteiger partial charge in [-0.05, 0) is 108 Å². The summed E-state index contributed by atoms with van der Waals surface area (Å²) in [6.45, 7) is 0. The highest BCUT2D eigenvalue weighted by Crippen LogP contribution is 2.44. The van der Waals surface area contributed by atoms with Crippen molar-refractivity contribution in [2.24, 2.45) is 0 Å². The van der Waals surface area contributed by atoms with Gasteiger partial charge in [-0.3, -0.25) is 29.0 Å². The van der Waals surface area contributed by atoms with Gasteiger partial charge < -0.3 is 20.1 Å². The highest BCUT2D eigenvalue weighted by atomic mass is 32.1. The van der Waals surface area contributed by atoms with Crippen LogP contribution in [0.2, 0.25) is 0 Å². The summed E-state index contributed by atoms with van der Waals surface area (Å²) < 4.78 is 54.1. The Balaban J connectivity index is 1.02. The summed E-state index contributed by atoms with van der Waals surface area (Å²) in [5.74, 6) is 2.31. The lowest BCUT2D eigenvalue weighted by atomic mass is 9.94. The lowest BCUT2D eigenvalue weighted by Crippen LogP contribution is -2.47. The third kappa shape index (κ3) is 10.1. The van der Waals surface area contributed by atoms with Crippen LogP contribution in [0.25, 0.3) is 11.1 Å². The van der Waals surface area contributed by atoms with Crippen LogP contribution in [0.4, 0.5) is 24.5 Å². The van der Waals surface area contributed by atoms with Gasteiger partial charge >= 0.3 is 18.0 Å². The number of benzene rings is 4. The van der Waals surface area contributed by atoms with E-state index in [9.17, 15) is 32.3 Å². The van der Waals surface area contributed by atoms with Gasteiger partial charge in [0.15, 0.2) is 17.5 Å². The Bertz CT molecular complexity index is 2640. The van der Waals surface area contributed by atoms with Crippen LogP contribution in [0.1, 0.15) is 104 Å². The minimum atomic E-state index is -4.72. The van der Waals surface area contributed by atoms with Crippen LogP contribution in [-0.4, -0.2) is 35.7 Å². The smallest absolute Gasteiger partial charge is 0.416 e. The first-order valence-electron chi connectivity index (χ1n) is 22.0. The van der Waals surface area contributed by atoms with E-state index in [1.54, 1.807) is 24.3 Å². The molecule has 0 bridgehead atoms. The number of carbonyl (C=O) groups excluding carboxylic acids is 4. The second-order valence-electron chi connectivity index (χ2n) is 16.6. The first-order valence-corrected chi connectivity index (χ1v) is 22.9. The number of rotatable bonds is 12. The lowest BCUT2D eigenvalue weighted by molar-refractivity contribution is -0.137. The van der Waals surface area contributed by atoms with E-state index in [4.69, 9.17) is 22.3 Å². The van der Waals surface area contributed by atoms with Crippen molar-refractivity contribution < 1.29 is 41.8 Å². The van der Waals surface area contributed by atoms with Crippen molar-refractivity contribution >= 4 is 46.3 Å². The average molecular weight is 913 g/mol. The molecule has 3 aliphatic rings. The standard InChI is InChI=1S/C52H47F3N4O6S/c1-3-45(60)58(48(44-19-12-30-66-44)50(63)57-39-16-9-6-10-17-39)40-27-24-34(25-28-40)33-20-22-35(23-21-33)51-64-42-29-26-36(31-43(42)65-51)47(49(62)56-38-14-7-5-8-15-38)59(46(61)4-2)41-18-11-13-37(32-41)52(53,54)55/h1-2,11-13,18-32,38-39,47-48,51H,5-10,14-17H2,(H,56,62)(H,57,63). The van der Waals surface area contributed by atoms with Crippen LogP contribution in [-0.2, 0) is 25.4 Å². The van der Waals surface area contributed by atoms with E-state index in [2.05, 4.69) is 16.6 Å². The molecule has 66 heavy (non-hydrogen) atoms. The fraction of sp³-hybridized carbons (Fsp3) is 0.308. The number of halogens is 3. The predicted molar refractivity (Wildman–Crippen MR) is 246 cm³/mol. The minimum absolute atomic E-state index is 0.0353. The van der Waals surface area contributed by atoms with Crippen LogP contribution in [0.5, 0.6) is 11.5 Å². The number of nitrogens with zero attached hydrogens (tertiary/aromatic N) is 2. The van der Waals surface area contributed by atoms with Crippen molar-refractivity contribution in [2.45, 2.75) is 101 Å². The SMILES string of the molecule is C#CC(=O)N(c1cccc(C(F)(F)F)c1)C(C(=O)NC1CCCCC1)c1ccc2c(c1)OC(c1ccc(-c3ccc(N(C(=O)C#C)C(C(=O)NC4CCCCC4)c4cccs4)cc3)cc1)O2. The first kappa shape index (κ1) is 45.5. The summed E-state index contributed by atoms with van der Waals surface area (Å²) in [5, 5.41) is 8.05. The summed E-state index contributed by atoms with van der Waals surface area (Å²) in [6, 6.07) is 24.6. The van der Waals surface area contributed by atoms with Gasteiger partial charge in [0.1, 0.15) is 6.04 Å². The molecule has 0 saturated heterocycles. The Morgan fingerprint density at radius 1 is 0.636 bits per heavy atom. The first-order chi connectivity index (χ1) is 31.9. The zero-order valence-corrected chi connectivity index (χ0v) is 36.7. The Hall–Kier alpha value is -7.03. The molecule has 2 heterocycles. The second kappa shape index (κ2) is 20.0. The van der Waals surface area contributed by atoms with E-state index < -0.39 is 47.8 Å². The lowest BCUT2D eigenvalue weighted by Gasteiger charge is -2.32. The third-order valence-electron chi connectivity index (χ3n) is 12.3. The van der Waals surface area contributed by atoms with Gasteiger partial charge in [-0.15, -0.1) is 24.2 Å². The Morgan fingerprint density at radius 2 is 1.20 bits per heavy atom. The van der Waals surface area contributed by atoms with Crippen LogP contribution < -0.4 is 29.9 Å². The number of anilines is 2. The Kier molecular flexibility index (Phi) is 13.8. The Morgan fingerprint density at radius 3 is 1.76 bits per heavy atom. The number of hydrogen-bond acceptors (Lipinski definition) is 7. The van der Waals surface area contributed by atoms with E-state index in [0.29, 0.717) is 21.9 Å². The van der Waals surface area contributed by atoms with E-state index >= 15 is 0 Å². The van der Waals surface area contributed by atoms with Crippen LogP contribution in [0.3, 0.4) is 0 Å². The molecule has 3 atom stereocenters. The zero-order chi connectivity index (χ0) is 46.4. The number of amides is 4. The molecule has 4 aromatic carbocycles. The minimum Gasteiger partial charge on any atom is -0.447 e. The number of ether oxygens (including phenoxy) is 2. The van der Waals surface area contributed by atoms with Crippen LogP contribution in [0, 0.1) is 24.7 Å². The zero-order valence-electron chi connectivity index (χ0n) is 35.9. The van der Waals surface area contributed by atoms with Crippen molar-refractivity contribution in [3.63, 3.8) is 0 Å². The number of thiophene rings is 1. The molecule has 0 spiro atoms. The van der Waals surface area contributed by atoms with Gasteiger partial charge in [-0.25, -0.2) is 0 Å². The van der Waals surface area contributed by atoms with E-state index in [-0.39, 0.29) is 35.0 Å². The van der Waals surface area contributed by atoms with Crippen molar-refractivity contribution in [1.29, 1.82) is 0 Å². The second-order valence-corrected chi connectivity index (χ2v) is 17.6. The monoisotopic (exact) mass is 912 g/mol. The van der Waals surface area contributed by atoms with Gasteiger partial charge in [-0.1, -0.05) is 93.1 Å². The highest BCUT2D eigenvalue weighted by Gasteiger charge is 2.38. The maximum Gasteiger partial charge on any atom is 0.416 e. The summed E-state index contributed by atoms with van der Waals surface area (Å²) in [5.41, 5.74) is 1.83. The van der Waals surface area contributed by atoms with E-state index in [0.717, 1.165) is 98.4 Å². The number of alkyl halides is 3.